The molecule has 5 nitrogen and oxygen atoms in total. The Balaban J connectivity index is 1.83. The fourth-order valence-corrected chi connectivity index (χ4v) is 3.31. The number of carbonyl (C=O) groups excluding carboxylic acids is 1. The Hall–Kier alpha value is -1.26. The maximum Gasteiger partial charge on any atom is 0.317 e. The Kier molecular flexibility index (Phi) is 5.12. The van der Waals surface area contributed by atoms with Crippen LogP contribution < -0.4 is 5.32 Å². The minimum absolute atomic E-state index is 0.138. The van der Waals surface area contributed by atoms with Crippen molar-refractivity contribution in [3.63, 3.8) is 0 Å². The van der Waals surface area contributed by atoms with Crippen LogP contribution in [0.5, 0.6) is 0 Å². The Morgan fingerprint density at radius 1 is 1.24 bits per heavy atom. The number of nitrogens with zero attached hydrogens (tertiary/aromatic N) is 1. The van der Waals surface area contributed by atoms with E-state index < -0.39 is 11.4 Å². The molecule has 2 fully saturated rings. The van der Waals surface area contributed by atoms with Crippen LogP contribution in [-0.2, 0) is 4.79 Å². The molecule has 0 bridgehead atoms. The lowest BCUT2D eigenvalue weighted by Crippen LogP contribution is -2.49. The summed E-state index contributed by atoms with van der Waals surface area (Å²) < 4.78 is 0. The molecule has 0 saturated heterocycles. The monoisotopic (exact) mass is 296 g/mol. The molecule has 0 aromatic carbocycles. The molecule has 0 atom stereocenters. The van der Waals surface area contributed by atoms with Crippen LogP contribution in [0.4, 0.5) is 4.79 Å². The molecule has 2 aliphatic rings. The van der Waals surface area contributed by atoms with Crippen molar-refractivity contribution in [2.24, 2.45) is 17.3 Å². The minimum Gasteiger partial charge on any atom is -0.481 e. The predicted molar refractivity (Wildman–Crippen MR) is 81.1 cm³/mol. The van der Waals surface area contributed by atoms with E-state index in [1.165, 1.54) is 19.3 Å². The van der Waals surface area contributed by atoms with E-state index in [0.717, 1.165) is 19.4 Å². The highest BCUT2D eigenvalue weighted by Crippen LogP contribution is 2.38. The van der Waals surface area contributed by atoms with E-state index >= 15 is 0 Å². The van der Waals surface area contributed by atoms with Crippen LogP contribution in [0.2, 0.25) is 0 Å². The first kappa shape index (κ1) is 16.1. The third-order valence-electron chi connectivity index (χ3n) is 5.37. The number of carboxylic acid groups (broad SMARTS) is 1. The van der Waals surface area contributed by atoms with Crippen molar-refractivity contribution < 1.29 is 14.7 Å². The van der Waals surface area contributed by atoms with Gasteiger partial charge < -0.3 is 15.3 Å². The van der Waals surface area contributed by atoms with E-state index in [4.69, 9.17) is 0 Å². The maximum atomic E-state index is 12.1. The first-order valence-electron chi connectivity index (χ1n) is 8.15. The molecule has 0 heterocycles. The standard InChI is InChI=1S/C16H28N2O3/c1-12-6-8-16(9-7-12,14(19)20)11-17-15(21)18(2)10-13-4-3-5-13/h12-13H,3-11H2,1-2H3,(H,17,21)(H,19,20). The van der Waals surface area contributed by atoms with Gasteiger partial charge in [0.2, 0.25) is 0 Å². The van der Waals surface area contributed by atoms with Crippen molar-refractivity contribution in [3.05, 3.63) is 0 Å². The number of amides is 2. The summed E-state index contributed by atoms with van der Waals surface area (Å²) in [6.07, 6.45) is 6.86. The van der Waals surface area contributed by atoms with E-state index in [2.05, 4.69) is 12.2 Å². The summed E-state index contributed by atoms with van der Waals surface area (Å²) in [6.45, 7) is 3.20. The van der Waals surface area contributed by atoms with Crippen molar-refractivity contribution >= 4 is 12.0 Å². The number of hydrogen-bond donors (Lipinski definition) is 2. The van der Waals surface area contributed by atoms with Gasteiger partial charge in [-0.1, -0.05) is 13.3 Å². The van der Waals surface area contributed by atoms with Crippen molar-refractivity contribution in [2.75, 3.05) is 20.1 Å². The second-order valence-corrected chi connectivity index (χ2v) is 7.10. The Morgan fingerprint density at radius 3 is 2.33 bits per heavy atom. The van der Waals surface area contributed by atoms with Gasteiger partial charge in [0, 0.05) is 20.1 Å². The summed E-state index contributed by atoms with van der Waals surface area (Å²) >= 11 is 0. The first-order chi connectivity index (χ1) is 9.93. The lowest BCUT2D eigenvalue weighted by molar-refractivity contribution is -0.151. The molecule has 5 heteroatoms. The van der Waals surface area contributed by atoms with E-state index in [1.54, 1.807) is 11.9 Å². The highest BCUT2D eigenvalue weighted by Gasteiger charge is 2.41. The molecule has 2 aliphatic carbocycles. The van der Waals surface area contributed by atoms with Gasteiger partial charge in [0.25, 0.3) is 0 Å². The second kappa shape index (κ2) is 6.67. The zero-order chi connectivity index (χ0) is 15.5. The molecule has 2 rings (SSSR count). The molecule has 0 radical (unpaired) electrons. The normalized spacial score (nSPS) is 29.5. The van der Waals surface area contributed by atoms with E-state index in [9.17, 15) is 14.7 Å². The topological polar surface area (TPSA) is 69.6 Å². The van der Waals surface area contributed by atoms with Gasteiger partial charge in [-0.25, -0.2) is 4.79 Å². The van der Waals surface area contributed by atoms with Crippen LogP contribution in [0.3, 0.4) is 0 Å². The summed E-state index contributed by atoms with van der Waals surface area (Å²) in [4.78, 5) is 25.4. The number of nitrogens with one attached hydrogen (secondary N) is 1. The quantitative estimate of drug-likeness (QED) is 0.819. The average Bonchev–Trinajstić information content (AvgIpc) is 2.41. The van der Waals surface area contributed by atoms with Crippen LogP contribution in [0.25, 0.3) is 0 Å². The first-order valence-corrected chi connectivity index (χ1v) is 8.15. The number of hydrogen-bond acceptors (Lipinski definition) is 2. The number of rotatable bonds is 5. The van der Waals surface area contributed by atoms with Gasteiger partial charge in [-0.05, 0) is 50.4 Å². The Morgan fingerprint density at radius 2 is 1.86 bits per heavy atom. The second-order valence-electron chi connectivity index (χ2n) is 7.10. The smallest absolute Gasteiger partial charge is 0.317 e. The van der Waals surface area contributed by atoms with Crippen LogP contribution in [0.15, 0.2) is 0 Å². The Labute approximate surface area is 127 Å². The SMILES string of the molecule is CC1CCC(CNC(=O)N(C)CC2CCC2)(C(=O)O)CC1. The number of urea groups is 1. The molecule has 21 heavy (non-hydrogen) atoms. The lowest BCUT2D eigenvalue weighted by atomic mass is 9.71. The summed E-state index contributed by atoms with van der Waals surface area (Å²) in [7, 11) is 1.80. The van der Waals surface area contributed by atoms with Gasteiger partial charge in [-0.15, -0.1) is 0 Å². The largest absolute Gasteiger partial charge is 0.481 e. The number of aliphatic carboxylic acids is 1. The summed E-state index contributed by atoms with van der Waals surface area (Å²) in [5, 5.41) is 12.4. The zero-order valence-corrected chi connectivity index (χ0v) is 13.2. The third-order valence-corrected chi connectivity index (χ3v) is 5.37. The molecule has 0 spiro atoms. The number of carbonyl (C=O) groups is 2. The van der Waals surface area contributed by atoms with E-state index in [-0.39, 0.29) is 12.6 Å². The van der Waals surface area contributed by atoms with Crippen molar-refractivity contribution in [2.45, 2.75) is 51.9 Å². The summed E-state index contributed by atoms with van der Waals surface area (Å²) in [5.41, 5.74) is -0.764. The fourth-order valence-electron chi connectivity index (χ4n) is 3.31. The maximum absolute atomic E-state index is 12.1. The van der Waals surface area contributed by atoms with E-state index in [0.29, 0.717) is 24.7 Å². The highest BCUT2D eigenvalue weighted by molar-refractivity contribution is 5.78. The molecule has 120 valence electrons. The van der Waals surface area contributed by atoms with Crippen molar-refractivity contribution in [3.8, 4) is 0 Å². The predicted octanol–water partition coefficient (Wildman–Crippen LogP) is 2.71. The highest BCUT2D eigenvalue weighted by atomic mass is 16.4. The van der Waals surface area contributed by atoms with Crippen molar-refractivity contribution in [1.29, 1.82) is 0 Å². The molecule has 2 N–H and O–H groups in total. The van der Waals surface area contributed by atoms with Gasteiger partial charge in [0.05, 0.1) is 5.41 Å². The van der Waals surface area contributed by atoms with Crippen molar-refractivity contribution in [1.82, 2.24) is 10.2 Å². The fraction of sp³-hybridized carbons (Fsp3) is 0.875. The van der Waals surface area contributed by atoms with Gasteiger partial charge in [-0.3, -0.25) is 4.79 Å². The van der Waals surface area contributed by atoms with Crippen LogP contribution in [-0.4, -0.2) is 42.1 Å². The van der Waals surface area contributed by atoms with Crippen LogP contribution in [0.1, 0.15) is 51.9 Å². The molecular weight excluding hydrogens is 268 g/mol. The molecular formula is C16H28N2O3. The van der Waals surface area contributed by atoms with Crippen LogP contribution in [0, 0.1) is 17.3 Å². The van der Waals surface area contributed by atoms with Gasteiger partial charge >= 0.3 is 12.0 Å². The van der Waals surface area contributed by atoms with Gasteiger partial charge in [0.15, 0.2) is 0 Å². The molecule has 0 aromatic rings. The zero-order valence-electron chi connectivity index (χ0n) is 13.2. The summed E-state index contributed by atoms with van der Waals surface area (Å²) in [6, 6.07) is -0.138. The Bertz CT molecular complexity index is 385. The van der Waals surface area contributed by atoms with Gasteiger partial charge in [-0.2, -0.15) is 0 Å². The molecule has 0 aliphatic heterocycles. The molecule has 0 unspecified atom stereocenters. The number of carboxylic acids is 1. The van der Waals surface area contributed by atoms with Crippen LogP contribution >= 0.6 is 0 Å². The minimum atomic E-state index is -0.767. The van der Waals surface area contributed by atoms with Gasteiger partial charge in [0.1, 0.15) is 0 Å². The average molecular weight is 296 g/mol. The molecule has 0 aromatic heterocycles. The lowest BCUT2D eigenvalue weighted by Gasteiger charge is -2.36. The summed E-state index contributed by atoms with van der Waals surface area (Å²) in [5.74, 6) is 0.454. The van der Waals surface area contributed by atoms with E-state index in [1.807, 2.05) is 0 Å². The molecule has 2 saturated carbocycles. The third kappa shape index (κ3) is 3.89. The molecule has 2 amide bonds.